The van der Waals surface area contributed by atoms with E-state index >= 15 is 0 Å². The fourth-order valence-electron chi connectivity index (χ4n) is 4.93. The van der Waals surface area contributed by atoms with E-state index in [9.17, 15) is 17.6 Å². The molecule has 0 N–H and O–H groups in total. The number of hydrogen-bond donors (Lipinski definition) is 0. The molecule has 3 heterocycles. The summed E-state index contributed by atoms with van der Waals surface area (Å²) in [6.07, 6.45) is 0. The number of para-hydroxylation sites is 1. The molecule has 0 atom stereocenters. The van der Waals surface area contributed by atoms with Crippen LogP contribution in [0.5, 0.6) is 0 Å². The van der Waals surface area contributed by atoms with Crippen LogP contribution >= 0.6 is 0 Å². The summed E-state index contributed by atoms with van der Waals surface area (Å²) < 4.78 is 65.1. The van der Waals surface area contributed by atoms with E-state index in [0.717, 1.165) is 16.4 Å². The Morgan fingerprint density at radius 2 is 1.42 bits per heavy atom. The monoisotopic (exact) mass is 453 g/mol. The molecule has 0 aliphatic carbocycles. The summed E-state index contributed by atoms with van der Waals surface area (Å²) in [5.41, 5.74) is -0.324. The molecule has 0 unspecified atom stereocenters. The summed E-state index contributed by atoms with van der Waals surface area (Å²) in [5.74, 6) is -6.47. The number of aromatic nitrogens is 2. The normalized spacial score (nSPS) is 16.9. The molecule has 0 spiro atoms. The first kappa shape index (κ1) is 20.1. The van der Waals surface area contributed by atoms with Crippen LogP contribution in [0.2, 0.25) is 0 Å². The molecule has 0 amide bonds. The molecular weight excluding hydrogens is 434 g/mol. The van der Waals surface area contributed by atoms with Crippen LogP contribution in [0.3, 0.4) is 0 Å². The molecule has 0 radical (unpaired) electrons. The second kappa shape index (κ2) is 6.07. The third-order valence-electron chi connectivity index (χ3n) is 7.29. The molecule has 8 heteroatoms. The molecule has 0 saturated carbocycles. The lowest BCUT2D eigenvalue weighted by Gasteiger charge is -2.41. The van der Waals surface area contributed by atoms with E-state index in [-0.39, 0.29) is 5.95 Å². The first-order valence-electron chi connectivity index (χ1n) is 10.5. The van der Waals surface area contributed by atoms with E-state index in [0.29, 0.717) is 11.3 Å². The third kappa shape index (κ3) is 2.28. The van der Waals surface area contributed by atoms with Gasteiger partial charge in [0.05, 0.1) is 11.1 Å². The summed E-state index contributed by atoms with van der Waals surface area (Å²) >= 11 is 0. The van der Waals surface area contributed by atoms with Crippen molar-refractivity contribution < 1.29 is 22.0 Å². The number of hydrogen-bond acceptors (Lipinski definition) is 3. The topological polar surface area (TPSA) is 34.2 Å². The van der Waals surface area contributed by atoms with Crippen LogP contribution in [0, 0.1) is 23.3 Å². The summed E-state index contributed by atoms with van der Waals surface area (Å²) in [6.45, 7) is 7.56. The molecule has 0 fully saturated rings. The fourth-order valence-corrected chi connectivity index (χ4v) is 4.93. The predicted octanol–water partition coefficient (Wildman–Crippen LogP) is 7.16. The van der Waals surface area contributed by atoms with Crippen LogP contribution in [0.4, 0.5) is 29.2 Å². The predicted molar refractivity (Wildman–Crippen MR) is 119 cm³/mol. The Hall–Kier alpha value is -3.55. The van der Waals surface area contributed by atoms with Gasteiger partial charge >= 0.3 is 0 Å². The highest BCUT2D eigenvalue weighted by molar-refractivity contribution is 6.06. The molecule has 33 heavy (non-hydrogen) atoms. The molecule has 3 aromatic carbocycles. The summed E-state index contributed by atoms with van der Waals surface area (Å²) in [6, 6.07) is 13.2. The second-order valence-corrected chi connectivity index (χ2v) is 9.43. The van der Waals surface area contributed by atoms with Gasteiger partial charge in [-0.15, -0.1) is 0 Å². The van der Waals surface area contributed by atoms with Crippen molar-refractivity contribution in [3.63, 3.8) is 0 Å². The highest BCUT2D eigenvalue weighted by Crippen LogP contribution is 2.52. The minimum Gasteiger partial charge on any atom is -0.456 e. The highest BCUT2D eigenvalue weighted by atomic mass is 19.2. The number of imidazole rings is 1. The molecule has 168 valence electrons. The fraction of sp³-hybridized carbons (Fsp3) is 0.240. The largest absolute Gasteiger partial charge is 0.456 e. The zero-order valence-electron chi connectivity index (χ0n) is 18.3. The smallest absolute Gasteiger partial charge is 0.212 e. The number of halogens is 4. The van der Waals surface area contributed by atoms with Crippen LogP contribution in [-0.2, 0) is 5.54 Å². The first-order valence-corrected chi connectivity index (χ1v) is 10.5. The van der Waals surface area contributed by atoms with Gasteiger partial charge in [0.15, 0.2) is 23.3 Å². The van der Waals surface area contributed by atoms with Crippen molar-refractivity contribution in [1.29, 1.82) is 0 Å². The second-order valence-electron chi connectivity index (χ2n) is 9.43. The Bertz CT molecular complexity index is 1630. The van der Waals surface area contributed by atoms with Crippen molar-refractivity contribution in [2.24, 2.45) is 0 Å². The van der Waals surface area contributed by atoms with Gasteiger partial charge < -0.3 is 9.32 Å². The molecule has 6 rings (SSSR count). The van der Waals surface area contributed by atoms with Gasteiger partial charge in [0.25, 0.3) is 0 Å². The Morgan fingerprint density at radius 1 is 0.758 bits per heavy atom. The van der Waals surface area contributed by atoms with Crippen LogP contribution in [-0.4, -0.2) is 15.1 Å². The van der Waals surface area contributed by atoms with Crippen molar-refractivity contribution in [2.45, 2.75) is 38.8 Å². The van der Waals surface area contributed by atoms with E-state index in [1.54, 1.807) is 0 Å². The summed E-state index contributed by atoms with van der Waals surface area (Å²) in [7, 11) is 0. The lowest BCUT2D eigenvalue weighted by molar-refractivity contribution is 0.251. The average Bonchev–Trinajstić information content (AvgIpc) is 3.39. The number of benzene rings is 3. The number of anilines is 2. The first-order chi connectivity index (χ1) is 15.6. The van der Waals surface area contributed by atoms with Crippen LogP contribution in [0.15, 0.2) is 46.9 Å². The van der Waals surface area contributed by atoms with Crippen molar-refractivity contribution in [3.05, 3.63) is 65.7 Å². The average molecular weight is 453 g/mol. The van der Waals surface area contributed by atoms with E-state index in [2.05, 4.69) is 4.98 Å². The van der Waals surface area contributed by atoms with Gasteiger partial charge in [-0.25, -0.2) is 22.5 Å². The zero-order valence-corrected chi connectivity index (χ0v) is 18.3. The van der Waals surface area contributed by atoms with Crippen LogP contribution < -0.4 is 4.90 Å². The van der Waals surface area contributed by atoms with E-state index in [1.807, 2.05) is 75.1 Å². The maximum atomic E-state index is 14.9. The van der Waals surface area contributed by atoms with Gasteiger partial charge in [-0.3, -0.25) is 4.57 Å². The number of furan rings is 1. The van der Waals surface area contributed by atoms with Gasteiger partial charge in [-0.2, -0.15) is 0 Å². The van der Waals surface area contributed by atoms with Gasteiger partial charge in [0.2, 0.25) is 5.95 Å². The van der Waals surface area contributed by atoms with Crippen molar-refractivity contribution in [2.75, 3.05) is 4.90 Å². The Morgan fingerprint density at radius 3 is 2.18 bits per heavy atom. The van der Waals surface area contributed by atoms with E-state index in [1.165, 1.54) is 4.57 Å². The SMILES string of the molecule is CC1(C)N(c2ccc3oc4ccccc4c3c2)c2nc3c(F)c(F)c(F)c(F)c3n2C1(C)C. The standard InChI is InChI=1S/C25H19F4N3O/c1-24(2)25(3,4)32-22-20(29)18(27)17(26)19(28)21(22)30-23(32)31(24)12-9-10-16-14(11-12)13-7-5-6-8-15(13)33-16/h5-11H,1-4H3. The van der Waals surface area contributed by atoms with Crippen molar-refractivity contribution in [3.8, 4) is 0 Å². The van der Waals surface area contributed by atoms with Gasteiger partial charge in [-0.1, -0.05) is 18.2 Å². The van der Waals surface area contributed by atoms with E-state index in [4.69, 9.17) is 4.42 Å². The van der Waals surface area contributed by atoms with Gasteiger partial charge in [0.1, 0.15) is 22.2 Å². The molecule has 0 saturated heterocycles. The zero-order chi connectivity index (χ0) is 23.4. The Kier molecular flexibility index (Phi) is 3.69. The van der Waals surface area contributed by atoms with E-state index < -0.39 is 45.4 Å². The molecule has 4 nitrogen and oxygen atoms in total. The van der Waals surface area contributed by atoms with Crippen molar-refractivity contribution in [1.82, 2.24) is 9.55 Å². The quantitative estimate of drug-likeness (QED) is 0.153. The molecule has 1 aliphatic rings. The highest BCUT2D eigenvalue weighted by Gasteiger charge is 2.54. The molecular formula is C25H19F4N3O. The minimum absolute atomic E-state index is 0.204. The summed E-state index contributed by atoms with van der Waals surface area (Å²) in [5, 5.41) is 1.81. The van der Waals surface area contributed by atoms with Crippen LogP contribution in [0.25, 0.3) is 33.0 Å². The molecule has 2 aromatic heterocycles. The Balaban J connectivity index is 1.69. The summed E-state index contributed by atoms with van der Waals surface area (Å²) in [4.78, 5) is 6.13. The Labute approximate surface area is 186 Å². The van der Waals surface area contributed by atoms with Gasteiger partial charge in [-0.05, 0) is 52.0 Å². The van der Waals surface area contributed by atoms with Crippen molar-refractivity contribution >= 4 is 44.6 Å². The molecule has 1 aliphatic heterocycles. The number of nitrogens with zero attached hydrogens (tertiary/aromatic N) is 3. The minimum atomic E-state index is -1.87. The third-order valence-corrected chi connectivity index (χ3v) is 7.29. The lowest BCUT2D eigenvalue weighted by Crippen LogP contribution is -2.50. The molecule has 5 aromatic rings. The number of fused-ring (bicyclic) bond motifs is 6. The molecule has 0 bridgehead atoms. The maximum absolute atomic E-state index is 14.9. The van der Waals surface area contributed by atoms with Crippen LogP contribution in [0.1, 0.15) is 27.7 Å². The number of rotatable bonds is 1. The van der Waals surface area contributed by atoms with Gasteiger partial charge in [0, 0.05) is 16.5 Å². The maximum Gasteiger partial charge on any atom is 0.212 e. The lowest BCUT2D eigenvalue weighted by atomic mass is 9.82.